The molecule has 0 spiro atoms. The summed E-state index contributed by atoms with van der Waals surface area (Å²) in [4.78, 5) is 11.9. The van der Waals surface area contributed by atoms with Gasteiger partial charge in [0.1, 0.15) is 5.60 Å². The molecular formula is C22H34N2O3. The lowest BCUT2D eigenvalue weighted by Gasteiger charge is -2.31. The predicted octanol–water partition coefficient (Wildman–Crippen LogP) is 4.83. The first kappa shape index (κ1) is 20.0. The minimum atomic E-state index is -0.445. The van der Waals surface area contributed by atoms with Gasteiger partial charge in [0.15, 0.2) is 0 Å². The molecule has 0 atom stereocenters. The third-order valence-corrected chi connectivity index (χ3v) is 5.42. The van der Waals surface area contributed by atoms with E-state index in [9.17, 15) is 4.79 Å². The Balaban J connectivity index is 1.42. The van der Waals surface area contributed by atoms with Crippen molar-refractivity contribution in [2.45, 2.75) is 82.9 Å². The third-order valence-electron chi connectivity index (χ3n) is 5.42. The van der Waals surface area contributed by atoms with Crippen LogP contribution in [0.5, 0.6) is 0 Å². The van der Waals surface area contributed by atoms with Gasteiger partial charge in [0, 0.05) is 31.0 Å². The van der Waals surface area contributed by atoms with Gasteiger partial charge in [0.2, 0.25) is 0 Å². The van der Waals surface area contributed by atoms with E-state index in [0.717, 1.165) is 51.7 Å². The lowest BCUT2D eigenvalue weighted by molar-refractivity contribution is 0.0492. The van der Waals surface area contributed by atoms with Crippen molar-refractivity contribution < 1.29 is 14.3 Å². The molecule has 0 aromatic heterocycles. The molecule has 3 rings (SSSR count). The van der Waals surface area contributed by atoms with Crippen molar-refractivity contribution in [3.63, 3.8) is 0 Å². The second kappa shape index (κ2) is 8.96. The van der Waals surface area contributed by atoms with E-state index in [1.807, 2.05) is 20.8 Å². The van der Waals surface area contributed by atoms with Crippen LogP contribution in [-0.4, -0.2) is 37.0 Å². The van der Waals surface area contributed by atoms with Crippen LogP contribution in [0.1, 0.15) is 70.8 Å². The average Bonchev–Trinajstić information content (AvgIpc) is 2.63. The maximum Gasteiger partial charge on any atom is 0.407 e. The molecule has 1 saturated heterocycles. The van der Waals surface area contributed by atoms with E-state index in [1.165, 1.54) is 11.3 Å². The van der Waals surface area contributed by atoms with Crippen LogP contribution < -0.4 is 10.6 Å². The zero-order valence-electron chi connectivity index (χ0n) is 16.9. The Morgan fingerprint density at radius 3 is 2.15 bits per heavy atom. The molecule has 1 amide bonds. The van der Waals surface area contributed by atoms with Gasteiger partial charge in [-0.3, -0.25) is 0 Å². The smallest absolute Gasteiger partial charge is 0.407 e. The summed E-state index contributed by atoms with van der Waals surface area (Å²) in [6.45, 7) is 7.43. The second-order valence-electron chi connectivity index (χ2n) is 8.85. The van der Waals surface area contributed by atoms with E-state index in [4.69, 9.17) is 9.47 Å². The Morgan fingerprint density at radius 1 is 0.963 bits per heavy atom. The number of amides is 1. The number of alkyl carbamates (subject to hydrolysis) is 1. The molecule has 2 aliphatic rings. The lowest BCUT2D eigenvalue weighted by Crippen LogP contribution is -2.42. The molecule has 2 fully saturated rings. The minimum absolute atomic E-state index is 0.216. The fourth-order valence-electron chi connectivity index (χ4n) is 3.97. The number of rotatable bonds is 4. The molecule has 5 heteroatoms. The van der Waals surface area contributed by atoms with Crippen molar-refractivity contribution >= 4 is 11.8 Å². The predicted molar refractivity (Wildman–Crippen MR) is 108 cm³/mol. The molecule has 0 bridgehead atoms. The van der Waals surface area contributed by atoms with Crippen molar-refractivity contribution in [3.8, 4) is 0 Å². The molecule has 0 radical (unpaired) electrons. The summed E-state index contributed by atoms with van der Waals surface area (Å²) in [5, 5.41) is 6.66. The first-order valence-corrected chi connectivity index (χ1v) is 10.3. The third kappa shape index (κ3) is 6.42. The highest BCUT2D eigenvalue weighted by molar-refractivity contribution is 5.68. The summed E-state index contributed by atoms with van der Waals surface area (Å²) in [6.07, 6.45) is 6.03. The number of carbonyl (C=O) groups is 1. The molecule has 0 unspecified atom stereocenters. The Morgan fingerprint density at radius 2 is 1.56 bits per heavy atom. The van der Waals surface area contributed by atoms with Gasteiger partial charge in [-0.05, 0) is 82.9 Å². The molecule has 1 aromatic carbocycles. The fraction of sp³-hybridized carbons (Fsp3) is 0.682. The van der Waals surface area contributed by atoms with E-state index in [-0.39, 0.29) is 12.1 Å². The van der Waals surface area contributed by atoms with Gasteiger partial charge < -0.3 is 20.1 Å². The second-order valence-corrected chi connectivity index (χ2v) is 8.85. The highest BCUT2D eigenvalue weighted by Gasteiger charge is 2.24. The van der Waals surface area contributed by atoms with Gasteiger partial charge >= 0.3 is 6.09 Å². The standard InChI is InChI=1S/C22H34N2O3/c1-22(2,3)27-21(25)24-20-10-8-19(9-11-20)23-18-6-4-16(5-7-18)17-12-14-26-15-13-17/h4-7,17,19-20,23H,8-15H2,1-3H3,(H,24,25). The number of anilines is 1. The molecule has 2 N–H and O–H groups in total. The molecular weight excluding hydrogens is 340 g/mol. The summed E-state index contributed by atoms with van der Waals surface area (Å²) in [5.41, 5.74) is 2.17. The number of ether oxygens (including phenoxy) is 2. The van der Waals surface area contributed by atoms with E-state index in [2.05, 4.69) is 34.9 Å². The monoisotopic (exact) mass is 374 g/mol. The van der Waals surface area contributed by atoms with Crippen LogP contribution in [-0.2, 0) is 9.47 Å². The molecule has 1 aliphatic heterocycles. The van der Waals surface area contributed by atoms with E-state index >= 15 is 0 Å². The van der Waals surface area contributed by atoms with Gasteiger partial charge in [-0.2, -0.15) is 0 Å². The van der Waals surface area contributed by atoms with Crippen LogP contribution in [0.3, 0.4) is 0 Å². The van der Waals surface area contributed by atoms with Gasteiger partial charge in [0.25, 0.3) is 0 Å². The van der Waals surface area contributed by atoms with Crippen LogP contribution in [0.25, 0.3) is 0 Å². The van der Waals surface area contributed by atoms with Gasteiger partial charge in [-0.1, -0.05) is 12.1 Å². The first-order chi connectivity index (χ1) is 12.9. The molecule has 1 aliphatic carbocycles. The van der Waals surface area contributed by atoms with Crippen molar-refractivity contribution in [1.82, 2.24) is 5.32 Å². The summed E-state index contributed by atoms with van der Waals surface area (Å²) >= 11 is 0. The van der Waals surface area contributed by atoms with Crippen molar-refractivity contribution in [3.05, 3.63) is 29.8 Å². The first-order valence-electron chi connectivity index (χ1n) is 10.3. The van der Waals surface area contributed by atoms with Crippen LogP contribution in [0.4, 0.5) is 10.5 Å². The molecule has 27 heavy (non-hydrogen) atoms. The minimum Gasteiger partial charge on any atom is -0.444 e. The lowest BCUT2D eigenvalue weighted by atomic mass is 9.90. The molecule has 150 valence electrons. The van der Waals surface area contributed by atoms with Crippen LogP contribution in [0, 0.1) is 0 Å². The molecule has 1 heterocycles. The summed E-state index contributed by atoms with van der Waals surface area (Å²) in [5.74, 6) is 0.641. The number of carbonyl (C=O) groups excluding carboxylic acids is 1. The normalized spacial score (nSPS) is 24.3. The largest absolute Gasteiger partial charge is 0.444 e. The van der Waals surface area contributed by atoms with E-state index < -0.39 is 5.60 Å². The van der Waals surface area contributed by atoms with E-state index in [1.54, 1.807) is 0 Å². The SMILES string of the molecule is CC(C)(C)OC(=O)NC1CCC(Nc2ccc(C3CCOCC3)cc2)CC1. The Kier molecular flexibility index (Phi) is 6.64. The maximum absolute atomic E-state index is 11.9. The summed E-state index contributed by atoms with van der Waals surface area (Å²) in [7, 11) is 0. The number of hydrogen-bond acceptors (Lipinski definition) is 4. The van der Waals surface area contributed by atoms with Crippen molar-refractivity contribution in [1.29, 1.82) is 0 Å². The number of benzene rings is 1. The van der Waals surface area contributed by atoms with Crippen LogP contribution >= 0.6 is 0 Å². The number of nitrogens with one attached hydrogen (secondary N) is 2. The van der Waals surface area contributed by atoms with E-state index in [0.29, 0.717) is 12.0 Å². The highest BCUT2D eigenvalue weighted by Crippen LogP contribution is 2.28. The van der Waals surface area contributed by atoms with Gasteiger partial charge in [-0.15, -0.1) is 0 Å². The van der Waals surface area contributed by atoms with Crippen LogP contribution in [0.2, 0.25) is 0 Å². The van der Waals surface area contributed by atoms with Gasteiger partial charge in [0.05, 0.1) is 0 Å². The number of hydrogen-bond donors (Lipinski definition) is 2. The van der Waals surface area contributed by atoms with Crippen molar-refractivity contribution in [2.24, 2.45) is 0 Å². The quantitative estimate of drug-likeness (QED) is 0.792. The Bertz CT molecular complexity index is 595. The Hall–Kier alpha value is -1.75. The summed E-state index contributed by atoms with van der Waals surface area (Å²) in [6, 6.07) is 9.61. The fourth-order valence-corrected chi connectivity index (χ4v) is 3.97. The zero-order chi connectivity index (χ0) is 19.3. The molecule has 1 saturated carbocycles. The highest BCUT2D eigenvalue weighted by atomic mass is 16.6. The topological polar surface area (TPSA) is 59.6 Å². The Labute approximate surface area is 163 Å². The van der Waals surface area contributed by atoms with Crippen molar-refractivity contribution in [2.75, 3.05) is 18.5 Å². The summed E-state index contributed by atoms with van der Waals surface area (Å²) < 4.78 is 10.8. The molecule has 1 aromatic rings. The van der Waals surface area contributed by atoms with Crippen LogP contribution in [0.15, 0.2) is 24.3 Å². The van der Waals surface area contributed by atoms with Gasteiger partial charge in [-0.25, -0.2) is 4.79 Å². The zero-order valence-corrected chi connectivity index (χ0v) is 16.9. The maximum atomic E-state index is 11.9. The molecule has 5 nitrogen and oxygen atoms in total. The average molecular weight is 375 g/mol.